The first-order chi connectivity index (χ1) is 11.7. The molecule has 116 valence electrons. The third kappa shape index (κ3) is 2.40. The van der Waals surface area contributed by atoms with Crippen molar-refractivity contribution in [2.24, 2.45) is 0 Å². The summed E-state index contributed by atoms with van der Waals surface area (Å²) < 4.78 is 1.71. The first-order valence-corrected chi connectivity index (χ1v) is 7.95. The number of hydrogen-bond donors (Lipinski definition) is 0. The monoisotopic (exact) mass is 333 g/mol. The maximum atomic E-state index is 12.6. The van der Waals surface area contributed by atoms with Gasteiger partial charge in [-0.1, -0.05) is 23.7 Å². The number of halogens is 1. The van der Waals surface area contributed by atoms with E-state index in [1.54, 1.807) is 34.9 Å². The van der Waals surface area contributed by atoms with Crippen LogP contribution in [0.1, 0.15) is 23.4 Å². The molecule has 0 amide bonds. The Kier molecular flexibility index (Phi) is 3.44. The van der Waals surface area contributed by atoms with Crippen molar-refractivity contribution < 1.29 is 0 Å². The number of rotatable bonds is 1. The fourth-order valence-corrected chi connectivity index (χ4v) is 3.15. The Morgan fingerprint density at radius 3 is 2.75 bits per heavy atom. The fourth-order valence-electron chi connectivity index (χ4n) is 2.98. The zero-order chi connectivity index (χ0) is 16.7. The van der Waals surface area contributed by atoms with Crippen molar-refractivity contribution in [3.8, 4) is 6.07 Å². The van der Waals surface area contributed by atoms with Crippen LogP contribution >= 0.6 is 11.6 Å². The Balaban J connectivity index is 1.86. The van der Waals surface area contributed by atoms with Crippen LogP contribution in [-0.2, 0) is 6.54 Å². The quantitative estimate of drug-likeness (QED) is 0.679. The van der Waals surface area contributed by atoms with Crippen LogP contribution in [0.3, 0.4) is 0 Å². The molecule has 5 heteroatoms. The Bertz CT molecular complexity index is 1090. The number of nitriles is 1. The van der Waals surface area contributed by atoms with Crippen molar-refractivity contribution in [1.29, 1.82) is 5.26 Å². The molecule has 24 heavy (non-hydrogen) atoms. The Labute approximate surface area is 143 Å². The average Bonchev–Trinajstić information content (AvgIpc) is 2.98. The van der Waals surface area contributed by atoms with Gasteiger partial charge >= 0.3 is 0 Å². The van der Waals surface area contributed by atoms with E-state index in [4.69, 9.17) is 16.9 Å². The van der Waals surface area contributed by atoms with Gasteiger partial charge < -0.3 is 0 Å². The summed E-state index contributed by atoms with van der Waals surface area (Å²) in [5.41, 5.74) is 3.21. The van der Waals surface area contributed by atoms with Crippen LogP contribution in [-0.4, -0.2) is 9.55 Å². The van der Waals surface area contributed by atoms with Gasteiger partial charge in [-0.15, -0.1) is 0 Å². The molecule has 4 rings (SSSR count). The Morgan fingerprint density at radius 1 is 1.21 bits per heavy atom. The summed E-state index contributed by atoms with van der Waals surface area (Å²) in [7, 11) is 0. The molecule has 0 radical (unpaired) electrons. The van der Waals surface area contributed by atoms with Crippen LogP contribution < -0.4 is 5.56 Å². The van der Waals surface area contributed by atoms with Crippen LogP contribution in [0.4, 0.5) is 0 Å². The van der Waals surface area contributed by atoms with E-state index in [0.717, 1.165) is 17.6 Å². The molecule has 1 aromatic heterocycles. The predicted molar refractivity (Wildman–Crippen MR) is 94.7 cm³/mol. The average molecular weight is 334 g/mol. The lowest BCUT2D eigenvalue weighted by Gasteiger charge is -2.06. The Hall–Kier alpha value is -2.90. The van der Waals surface area contributed by atoms with Crippen LogP contribution in [0, 0.1) is 11.3 Å². The molecule has 2 aromatic carbocycles. The van der Waals surface area contributed by atoms with E-state index < -0.39 is 0 Å². The van der Waals surface area contributed by atoms with E-state index in [-0.39, 0.29) is 5.56 Å². The minimum Gasteiger partial charge on any atom is -0.292 e. The van der Waals surface area contributed by atoms with Crippen molar-refractivity contribution in [3.63, 3.8) is 0 Å². The van der Waals surface area contributed by atoms with Gasteiger partial charge in [0, 0.05) is 11.6 Å². The summed E-state index contributed by atoms with van der Waals surface area (Å²) in [5, 5.41) is 10.0. The van der Waals surface area contributed by atoms with E-state index in [1.807, 2.05) is 18.2 Å². The van der Waals surface area contributed by atoms with Gasteiger partial charge in [-0.25, -0.2) is 4.98 Å². The normalized spacial score (nSPS) is 14.8. The van der Waals surface area contributed by atoms with Crippen LogP contribution in [0.25, 0.3) is 22.6 Å². The second-order valence-corrected chi connectivity index (χ2v) is 6.14. The molecule has 4 nitrogen and oxygen atoms in total. The zero-order valence-corrected chi connectivity index (χ0v) is 13.4. The van der Waals surface area contributed by atoms with Gasteiger partial charge in [0.1, 0.15) is 5.82 Å². The lowest BCUT2D eigenvalue weighted by atomic mass is 10.1. The molecule has 3 aromatic rings. The number of fused-ring (bicyclic) bond motifs is 2. The molecule has 0 saturated carbocycles. The lowest BCUT2D eigenvalue weighted by molar-refractivity contribution is 0.725. The molecule has 0 atom stereocenters. The summed E-state index contributed by atoms with van der Waals surface area (Å²) >= 11 is 6.03. The van der Waals surface area contributed by atoms with Gasteiger partial charge in [0.2, 0.25) is 0 Å². The molecular weight excluding hydrogens is 322 g/mol. The molecule has 1 aliphatic rings. The number of nitrogens with zero attached hydrogens (tertiary/aromatic N) is 3. The predicted octanol–water partition coefficient (Wildman–Crippen LogP) is 3.87. The van der Waals surface area contributed by atoms with Gasteiger partial charge in [0.25, 0.3) is 5.56 Å². The highest BCUT2D eigenvalue weighted by molar-refractivity contribution is 6.31. The molecule has 1 aliphatic heterocycles. The largest absolute Gasteiger partial charge is 0.292 e. The molecule has 0 saturated heterocycles. The summed E-state index contributed by atoms with van der Waals surface area (Å²) in [4.78, 5) is 17.3. The van der Waals surface area contributed by atoms with Crippen LogP contribution in [0.15, 0.2) is 47.3 Å². The standard InChI is InChI=1S/C19H12ClN3O/c20-15-5-6-16-17(10-15)22-18-14(7-8-23(18)19(16)24)9-12-1-3-13(11-21)4-2-12/h1-6,9-10H,7-8H2/b14-9-. The lowest BCUT2D eigenvalue weighted by Crippen LogP contribution is -2.20. The SMILES string of the molecule is N#Cc1ccc(/C=C2/CCn3c2nc2cc(Cl)ccc2c3=O)cc1. The summed E-state index contributed by atoms with van der Waals surface area (Å²) in [6.07, 6.45) is 2.77. The van der Waals surface area contributed by atoms with Crippen molar-refractivity contribution in [3.05, 3.63) is 74.8 Å². The van der Waals surface area contributed by atoms with E-state index >= 15 is 0 Å². The number of hydrogen-bond acceptors (Lipinski definition) is 3. The molecular formula is C19H12ClN3O. The highest BCUT2D eigenvalue weighted by atomic mass is 35.5. The molecule has 2 heterocycles. The zero-order valence-electron chi connectivity index (χ0n) is 12.7. The third-order valence-corrected chi connectivity index (χ3v) is 4.43. The fraction of sp³-hybridized carbons (Fsp3) is 0.105. The van der Waals surface area contributed by atoms with Gasteiger partial charge in [-0.05, 0) is 54.0 Å². The third-order valence-electron chi connectivity index (χ3n) is 4.19. The van der Waals surface area contributed by atoms with Crippen molar-refractivity contribution in [2.75, 3.05) is 0 Å². The molecule has 0 aliphatic carbocycles. The second kappa shape index (κ2) is 5.63. The van der Waals surface area contributed by atoms with Gasteiger partial charge in [-0.3, -0.25) is 9.36 Å². The minimum absolute atomic E-state index is 0.0325. The van der Waals surface area contributed by atoms with Gasteiger partial charge in [0.15, 0.2) is 0 Å². The highest BCUT2D eigenvalue weighted by Crippen LogP contribution is 2.28. The molecule has 0 N–H and O–H groups in total. The first-order valence-electron chi connectivity index (χ1n) is 7.57. The summed E-state index contributed by atoms with van der Waals surface area (Å²) in [6, 6.07) is 14.6. The molecule has 0 unspecified atom stereocenters. The van der Waals surface area contributed by atoms with Gasteiger partial charge in [0.05, 0.1) is 22.5 Å². The first kappa shape index (κ1) is 14.7. The number of benzene rings is 2. The maximum absolute atomic E-state index is 12.6. The van der Waals surface area contributed by atoms with Gasteiger partial charge in [-0.2, -0.15) is 5.26 Å². The summed E-state index contributed by atoms with van der Waals surface area (Å²) in [6.45, 7) is 0.627. The van der Waals surface area contributed by atoms with Crippen molar-refractivity contribution >= 4 is 34.2 Å². The van der Waals surface area contributed by atoms with E-state index in [2.05, 4.69) is 11.1 Å². The van der Waals surface area contributed by atoms with Crippen LogP contribution in [0.5, 0.6) is 0 Å². The Morgan fingerprint density at radius 2 is 2.00 bits per heavy atom. The smallest absolute Gasteiger partial charge is 0.261 e. The summed E-state index contributed by atoms with van der Waals surface area (Å²) in [5.74, 6) is 0.694. The van der Waals surface area contributed by atoms with E-state index in [9.17, 15) is 4.79 Å². The topological polar surface area (TPSA) is 58.7 Å². The highest BCUT2D eigenvalue weighted by Gasteiger charge is 2.20. The van der Waals surface area contributed by atoms with E-state index in [0.29, 0.717) is 33.9 Å². The molecule has 0 bridgehead atoms. The maximum Gasteiger partial charge on any atom is 0.261 e. The second-order valence-electron chi connectivity index (χ2n) is 5.71. The van der Waals surface area contributed by atoms with Crippen LogP contribution in [0.2, 0.25) is 5.02 Å². The minimum atomic E-state index is -0.0325. The molecule has 0 fully saturated rings. The van der Waals surface area contributed by atoms with E-state index in [1.165, 1.54) is 0 Å². The molecule has 0 spiro atoms. The van der Waals surface area contributed by atoms with Crippen molar-refractivity contribution in [1.82, 2.24) is 9.55 Å². The van der Waals surface area contributed by atoms with Crippen molar-refractivity contribution in [2.45, 2.75) is 13.0 Å². The number of aromatic nitrogens is 2. The number of allylic oxidation sites excluding steroid dienone is 1.